The van der Waals surface area contributed by atoms with Crippen molar-refractivity contribution in [3.8, 4) is 6.07 Å². The van der Waals surface area contributed by atoms with Crippen molar-refractivity contribution in [3.63, 3.8) is 0 Å². The summed E-state index contributed by atoms with van der Waals surface area (Å²) in [4.78, 5) is 2.23. The fraction of sp³-hybridized carbons (Fsp3) is 0.462. The molecule has 0 aliphatic carbocycles. The molecule has 0 saturated heterocycles. The van der Waals surface area contributed by atoms with E-state index in [1.165, 1.54) is 5.56 Å². The zero-order valence-corrected chi connectivity index (χ0v) is 9.64. The van der Waals surface area contributed by atoms with E-state index < -0.39 is 0 Å². The van der Waals surface area contributed by atoms with Crippen LogP contribution in [0.3, 0.4) is 0 Å². The highest BCUT2D eigenvalue weighted by Crippen LogP contribution is 2.34. The van der Waals surface area contributed by atoms with E-state index in [9.17, 15) is 5.11 Å². The summed E-state index contributed by atoms with van der Waals surface area (Å²) in [6, 6.07) is 8.44. The van der Waals surface area contributed by atoms with Crippen molar-refractivity contribution >= 4 is 5.69 Å². The second kappa shape index (κ2) is 4.15. The quantitative estimate of drug-likeness (QED) is 0.818. The predicted octanol–water partition coefficient (Wildman–Crippen LogP) is 1.69. The lowest BCUT2D eigenvalue weighted by Gasteiger charge is -2.30. The molecule has 0 bridgehead atoms. The standard InChI is InChI=1S/C13H16N2O/c1-9(2)15-12(8-16)6-11-5-10(7-14)3-4-13(11)15/h3-5,9,12,16H,6,8H2,1-2H3. The predicted molar refractivity (Wildman–Crippen MR) is 63.3 cm³/mol. The number of hydrogen-bond donors (Lipinski definition) is 1. The minimum atomic E-state index is 0.156. The zero-order chi connectivity index (χ0) is 11.7. The lowest BCUT2D eigenvalue weighted by Crippen LogP contribution is -2.39. The molecule has 1 aromatic carbocycles. The van der Waals surface area contributed by atoms with E-state index in [0.29, 0.717) is 11.6 Å². The van der Waals surface area contributed by atoms with Crippen molar-refractivity contribution in [3.05, 3.63) is 29.3 Å². The Hall–Kier alpha value is -1.53. The number of fused-ring (bicyclic) bond motifs is 1. The van der Waals surface area contributed by atoms with Crippen LogP contribution < -0.4 is 4.90 Å². The molecule has 1 atom stereocenters. The summed E-state index contributed by atoms with van der Waals surface area (Å²) >= 11 is 0. The highest BCUT2D eigenvalue weighted by Gasteiger charge is 2.30. The van der Waals surface area contributed by atoms with Gasteiger partial charge in [-0.3, -0.25) is 0 Å². The summed E-state index contributed by atoms with van der Waals surface area (Å²) in [6.45, 7) is 4.40. The van der Waals surface area contributed by atoms with Gasteiger partial charge in [0, 0.05) is 11.7 Å². The molecule has 84 valence electrons. The van der Waals surface area contributed by atoms with Crippen LogP contribution in [0, 0.1) is 11.3 Å². The molecule has 0 radical (unpaired) electrons. The highest BCUT2D eigenvalue weighted by molar-refractivity contribution is 5.62. The van der Waals surface area contributed by atoms with Gasteiger partial charge in [0.15, 0.2) is 0 Å². The number of hydrogen-bond acceptors (Lipinski definition) is 3. The maximum atomic E-state index is 9.38. The Kier molecular flexibility index (Phi) is 2.84. The first-order chi connectivity index (χ1) is 7.67. The van der Waals surface area contributed by atoms with E-state index in [1.54, 1.807) is 0 Å². The van der Waals surface area contributed by atoms with E-state index in [-0.39, 0.29) is 12.6 Å². The van der Waals surface area contributed by atoms with E-state index in [0.717, 1.165) is 12.1 Å². The van der Waals surface area contributed by atoms with Crippen LogP contribution >= 0.6 is 0 Å². The third-order valence-electron chi connectivity index (χ3n) is 3.10. The minimum absolute atomic E-state index is 0.156. The van der Waals surface area contributed by atoms with Crippen molar-refractivity contribution in [2.75, 3.05) is 11.5 Å². The third-order valence-corrected chi connectivity index (χ3v) is 3.10. The van der Waals surface area contributed by atoms with Gasteiger partial charge in [-0.05, 0) is 44.0 Å². The van der Waals surface area contributed by atoms with Gasteiger partial charge >= 0.3 is 0 Å². The number of aliphatic hydroxyl groups excluding tert-OH is 1. The summed E-state index contributed by atoms with van der Waals surface area (Å²) in [7, 11) is 0. The van der Waals surface area contributed by atoms with Gasteiger partial charge in [0.05, 0.1) is 24.3 Å². The van der Waals surface area contributed by atoms with Gasteiger partial charge in [-0.15, -0.1) is 0 Å². The molecule has 1 aliphatic heterocycles. The monoisotopic (exact) mass is 216 g/mol. The van der Waals surface area contributed by atoms with Crippen molar-refractivity contribution < 1.29 is 5.11 Å². The highest BCUT2D eigenvalue weighted by atomic mass is 16.3. The summed E-state index contributed by atoms with van der Waals surface area (Å²) < 4.78 is 0. The Labute approximate surface area is 95.9 Å². The number of aliphatic hydroxyl groups is 1. The smallest absolute Gasteiger partial charge is 0.0991 e. The Bertz CT molecular complexity index is 434. The Morgan fingerprint density at radius 2 is 2.31 bits per heavy atom. The van der Waals surface area contributed by atoms with Crippen LogP contribution in [0.1, 0.15) is 25.0 Å². The van der Waals surface area contributed by atoms with E-state index in [2.05, 4.69) is 24.8 Å². The van der Waals surface area contributed by atoms with Crippen LogP contribution in [0.25, 0.3) is 0 Å². The molecule has 0 aromatic heterocycles. The molecular weight excluding hydrogens is 200 g/mol. The average molecular weight is 216 g/mol. The van der Waals surface area contributed by atoms with Gasteiger partial charge in [-0.2, -0.15) is 5.26 Å². The van der Waals surface area contributed by atoms with Crippen LogP contribution in [0.5, 0.6) is 0 Å². The molecule has 3 heteroatoms. The molecule has 2 rings (SSSR count). The molecule has 16 heavy (non-hydrogen) atoms. The lowest BCUT2D eigenvalue weighted by atomic mass is 10.1. The fourth-order valence-electron chi connectivity index (χ4n) is 2.47. The summed E-state index contributed by atoms with van der Waals surface area (Å²) in [6.07, 6.45) is 0.833. The van der Waals surface area contributed by atoms with Gasteiger partial charge in [-0.25, -0.2) is 0 Å². The van der Waals surface area contributed by atoms with Crippen LogP contribution in [0.2, 0.25) is 0 Å². The average Bonchev–Trinajstić information content (AvgIpc) is 2.65. The van der Waals surface area contributed by atoms with Gasteiger partial charge in [-0.1, -0.05) is 0 Å². The molecule has 1 unspecified atom stereocenters. The molecule has 1 N–H and O–H groups in total. The molecule has 1 heterocycles. The zero-order valence-electron chi connectivity index (χ0n) is 9.64. The minimum Gasteiger partial charge on any atom is -0.394 e. The number of rotatable bonds is 2. The van der Waals surface area contributed by atoms with E-state index >= 15 is 0 Å². The molecular formula is C13H16N2O. The first-order valence-electron chi connectivity index (χ1n) is 5.59. The number of benzene rings is 1. The molecule has 1 aliphatic rings. The second-order valence-electron chi connectivity index (χ2n) is 4.50. The molecule has 0 fully saturated rings. The maximum Gasteiger partial charge on any atom is 0.0991 e. The Morgan fingerprint density at radius 3 is 2.88 bits per heavy atom. The summed E-state index contributed by atoms with van der Waals surface area (Å²) in [5.41, 5.74) is 3.03. The second-order valence-corrected chi connectivity index (χ2v) is 4.50. The third kappa shape index (κ3) is 1.66. The van der Waals surface area contributed by atoms with Crippen LogP contribution in [-0.2, 0) is 6.42 Å². The van der Waals surface area contributed by atoms with Gasteiger partial charge in [0.2, 0.25) is 0 Å². The number of nitrogens with zero attached hydrogens (tertiary/aromatic N) is 2. The Balaban J connectivity index is 2.42. The number of anilines is 1. The first kappa shape index (κ1) is 11.0. The van der Waals surface area contributed by atoms with Gasteiger partial charge in [0.1, 0.15) is 0 Å². The van der Waals surface area contributed by atoms with Crippen molar-refractivity contribution in [1.82, 2.24) is 0 Å². The summed E-state index contributed by atoms with van der Waals surface area (Å²) in [5, 5.41) is 18.2. The van der Waals surface area contributed by atoms with Gasteiger partial charge < -0.3 is 10.0 Å². The molecule has 1 aromatic rings. The molecule has 0 saturated carbocycles. The van der Waals surface area contributed by atoms with Crippen molar-refractivity contribution in [1.29, 1.82) is 5.26 Å². The van der Waals surface area contributed by atoms with Crippen LogP contribution in [-0.4, -0.2) is 23.8 Å². The fourth-order valence-corrected chi connectivity index (χ4v) is 2.47. The molecule has 3 nitrogen and oxygen atoms in total. The largest absolute Gasteiger partial charge is 0.394 e. The van der Waals surface area contributed by atoms with Crippen LogP contribution in [0.15, 0.2) is 18.2 Å². The van der Waals surface area contributed by atoms with Crippen molar-refractivity contribution in [2.24, 2.45) is 0 Å². The maximum absolute atomic E-state index is 9.38. The number of nitriles is 1. The van der Waals surface area contributed by atoms with Crippen LogP contribution in [0.4, 0.5) is 5.69 Å². The first-order valence-corrected chi connectivity index (χ1v) is 5.59. The molecule has 0 amide bonds. The van der Waals surface area contributed by atoms with Crippen molar-refractivity contribution in [2.45, 2.75) is 32.4 Å². The topological polar surface area (TPSA) is 47.3 Å². The SMILES string of the molecule is CC(C)N1c2ccc(C#N)cc2CC1CO. The summed E-state index contributed by atoms with van der Waals surface area (Å²) in [5.74, 6) is 0. The van der Waals surface area contributed by atoms with Gasteiger partial charge in [0.25, 0.3) is 0 Å². The van der Waals surface area contributed by atoms with E-state index in [1.807, 2.05) is 18.2 Å². The Morgan fingerprint density at radius 1 is 1.56 bits per heavy atom. The molecule has 0 spiro atoms. The normalized spacial score (nSPS) is 18.7. The lowest BCUT2D eigenvalue weighted by molar-refractivity contribution is 0.259. The van der Waals surface area contributed by atoms with E-state index in [4.69, 9.17) is 5.26 Å².